The van der Waals surface area contributed by atoms with Gasteiger partial charge < -0.3 is 4.98 Å². The van der Waals surface area contributed by atoms with Gasteiger partial charge in [-0.15, -0.1) is 0 Å². The van der Waals surface area contributed by atoms with Gasteiger partial charge in [0.25, 0.3) is 0 Å². The van der Waals surface area contributed by atoms with Crippen LogP contribution in [0.3, 0.4) is 0 Å². The van der Waals surface area contributed by atoms with E-state index in [4.69, 9.17) is 4.98 Å². The molecule has 0 bridgehead atoms. The first kappa shape index (κ1) is 23.7. The molecule has 0 saturated carbocycles. The normalized spacial score (nSPS) is 11.9. The van der Waals surface area contributed by atoms with E-state index < -0.39 is 5.41 Å². The summed E-state index contributed by atoms with van der Waals surface area (Å²) in [6.45, 7) is 5.77. The number of carbonyl (C=O) groups excluding carboxylic acids is 1. The third-order valence-corrected chi connectivity index (χ3v) is 6.64. The number of rotatable bonds is 5. The van der Waals surface area contributed by atoms with Crippen LogP contribution < -0.4 is 0 Å². The largest absolute Gasteiger partial charge is 0.337 e. The van der Waals surface area contributed by atoms with Gasteiger partial charge in [-0.1, -0.05) is 45.0 Å². The summed E-state index contributed by atoms with van der Waals surface area (Å²) < 4.78 is 13.5. The third-order valence-electron chi connectivity index (χ3n) is 6.64. The lowest BCUT2D eigenvalue weighted by atomic mass is 9.87. The van der Waals surface area contributed by atoms with E-state index >= 15 is 0 Å². The molecule has 0 aliphatic heterocycles. The predicted octanol–water partition coefficient (Wildman–Crippen LogP) is 6.53. The van der Waals surface area contributed by atoms with Crippen molar-refractivity contribution in [3.05, 3.63) is 84.6 Å². The lowest BCUT2D eigenvalue weighted by Gasteiger charge is -2.16. The van der Waals surface area contributed by atoms with Gasteiger partial charge in [-0.05, 0) is 41.5 Å². The zero-order valence-electron chi connectivity index (χ0n) is 21.2. The monoisotopic (exact) mass is 504 g/mol. The highest BCUT2D eigenvalue weighted by Gasteiger charge is 2.22. The van der Waals surface area contributed by atoms with Crippen LogP contribution in [0.15, 0.2) is 73.2 Å². The second kappa shape index (κ2) is 8.99. The maximum absolute atomic E-state index is 13.5. The van der Waals surface area contributed by atoms with Crippen molar-refractivity contribution in [3.63, 3.8) is 0 Å². The minimum Gasteiger partial charge on any atom is -0.337 e. The zero-order valence-corrected chi connectivity index (χ0v) is 21.2. The Morgan fingerprint density at radius 2 is 1.74 bits per heavy atom. The fourth-order valence-electron chi connectivity index (χ4n) is 4.44. The molecule has 0 saturated heterocycles. The van der Waals surface area contributed by atoms with Crippen molar-refractivity contribution < 1.29 is 9.18 Å². The molecule has 8 heteroatoms. The molecule has 0 amide bonds. The molecule has 2 aromatic carbocycles. The molecule has 7 nitrogen and oxygen atoms in total. The lowest BCUT2D eigenvalue weighted by Crippen LogP contribution is -2.22. The standard InChI is InChI=1S/C30H25FN6O/c1-30(2,3)25(38)12-17-11-19(15-32-14-17)20-13-23-27(36-37-28(23)33-16-20)29-34-24-6-4-5-22(26(24)35-29)18-7-9-21(31)10-8-18/h4-11,13-16H,12H2,1-3H3,(H,34,35)(H,33,36,37). The van der Waals surface area contributed by atoms with E-state index in [0.717, 1.165) is 44.2 Å². The molecule has 0 aliphatic rings. The number of aromatic amines is 2. The van der Waals surface area contributed by atoms with Crippen molar-refractivity contribution in [3.8, 4) is 33.8 Å². The van der Waals surface area contributed by atoms with Crippen molar-refractivity contribution in [2.24, 2.45) is 5.41 Å². The minimum absolute atomic E-state index is 0.159. The number of benzene rings is 2. The number of nitrogens with zero attached hydrogens (tertiary/aromatic N) is 4. The Balaban J connectivity index is 1.39. The van der Waals surface area contributed by atoms with Crippen LogP contribution in [0, 0.1) is 11.2 Å². The van der Waals surface area contributed by atoms with Crippen LogP contribution in [0.4, 0.5) is 4.39 Å². The number of carbonyl (C=O) groups is 1. The number of Topliss-reactive ketones (excluding diaryl/α,β-unsaturated/α-hetero) is 1. The van der Waals surface area contributed by atoms with Crippen LogP contribution in [-0.2, 0) is 11.2 Å². The van der Waals surface area contributed by atoms with Gasteiger partial charge in [0.1, 0.15) is 17.3 Å². The topological polar surface area (TPSA) is 100 Å². The first-order chi connectivity index (χ1) is 18.3. The van der Waals surface area contributed by atoms with Crippen LogP contribution in [-0.4, -0.2) is 35.9 Å². The van der Waals surface area contributed by atoms with Crippen LogP contribution in [0.25, 0.3) is 55.8 Å². The molecule has 4 aromatic heterocycles. The molecule has 6 rings (SSSR count). The average Bonchev–Trinajstić information content (AvgIpc) is 3.52. The Kier molecular flexibility index (Phi) is 5.60. The molecule has 38 heavy (non-hydrogen) atoms. The van der Waals surface area contributed by atoms with Gasteiger partial charge in [-0.2, -0.15) is 5.10 Å². The van der Waals surface area contributed by atoms with E-state index in [1.807, 2.05) is 51.1 Å². The Bertz CT molecular complexity index is 1810. The number of fused-ring (bicyclic) bond motifs is 2. The molecule has 0 atom stereocenters. The van der Waals surface area contributed by atoms with Gasteiger partial charge in [-0.25, -0.2) is 14.4 Å². The van der Waals surface area contributed by atoms with E-state index in [9.17, 15) is 9.18 Å². The molecular weight excluding hydrogens is 479 g/mol. The number of aromatic nitrogens is 6. The number of hydrogen-bond acceptors (Lipinski definition) is 5. The van der Waals surface area contributed by atoms with Gasteiger partial charge in [0.15, 0.2) is 11.5 Å². The summed E-state index contributed by atoms with van der Waals surface area (Å²) in [7, 11) is 0. The van der Waals surface area contributed by atoms with Gasteiger partial charge in [0, 0.05) is 47.1 Å². The van der Waals surface area contributed by atoms with Crippen molar-refractivity contribution in [2.45, 2.75) is 27.2 Å². The highest BCUT2D eigenvalue weighted by molar-refractivity contribution is 5.97. The summed E-state index contributed by atoms with van der Waals surface area (Å²) in [5, 5.41) is 8.30. The second-order valence-electron chi connectivity index (χ2n) is 10.4. The highest BCUT2D eigenvalue weighted by atomic mass is 19.1. The first-order valence-electron chi connectivity index (χ1n) is 12.3. The van der Waals surface area contributed by atoms with Gasteiger partial charge >= 0.3 is 0 Å². The van der Waals surface area contributed by atoms with Crippen LogP contribution in [0.2, 0.25) is 0 Å². The molecule has 0 spiro atoms. The number of nitrogens with one attached hydrogen (secondary N) is 2. The number of imidazole rings is 1. The molecule has 4 heterocycles. The number of para-hydroxylation sites is 1. The third kappa shape index (κ3) is 4.34. The van der Waals surface area contributed by atoms with Crippen LogP contribution in [0.5, 0.6) is 0 Å². The Hall–Kier alpha value is -4.72. The molecule has 6 aromatic rings. The molecule has 2 N–H and O–H groups in total. The predicted molar refractivity (Wildman–Crippen MR) is 146 cm³/mol. The molecular formula is C30H25FN6O. The SMILES string of the molecule is CC(C)(C)C(=O)Cc1cncc(-c2cnc3[nH]nc(-c4nc5c(-c6ccc(F)cc6)cccc5[nH]4)c3c2)c1. The molecule has 0 aliphatic carbocycles. The summed E-state index contributed by atoms with van der Waals surface area (Å²) in [5.41, 5.74) is 6.86. The fourth-order valence-corrected chi connectivity index (χ4v) is 4.44. The maximum atomic E-state index is 13.5. The molecule has 188 valence electrons. The van der Waals surface area contributed by atoms with E-state index in [2.05, 4.69) is 25.1 Å². The fraction of sp³-hybridized carbons (Fsp3) is 0.167. The Morgan fingerprint density at radius 1 is 0.947 bits per heavy atom. The highest BCUT2D eigenvalue weighted by Crippen LogP contribution is 2.32. The van der Waals surface area contributed by atoms with E-state index in [0.29, 0.717) is 23.6 Å². The van der Waals surface area contributed by atoms with Gasteiger partial charge in [0.2, 0.25) is 0 Å². The Morgan fingerprint density at radius 3 is 2.53 bits per heavy atom. The molecule has 0 fully saturated rings. The average molecular weight is 505 g/mol. The maximum Gasteiger partial charge on any atom is 0.159 e. The van der Waals surface area contributed by atoms with Crippen molar-refractivity contribution in [1.29, 1.82) is 0 Å². The Labute approximate surface area is 218 Å². The second-order valence-corrected chi connectivity index (χ2v) is 10.4. The number of halogens is 1. The number of H-pyrrole nitrogens is 2. The molecule has 0 radical (unpaired) electrons. The summed E-state index contributed by atoms with van der Waals surface area (Å²) in [4.78, 5) is 29.7. The van der Waals surface area contributed by atoms with Gasteiger partial charge in [-0.3, -0.25) is 14.9 Å². The summed E-state index contributed by atoms with van der Waals surface area (Å²) in [5.74, 6) is 0.478. The molecule has 0 unspecified atom stereocenters. The smallest absolute Gasteiger partial charge is 0.159 e. The van der Waals surface area contributed by atoms with E-state index in [-0.39, 0.29) is 11.6 Å². The summed E-state index contributed by atoms with van der Waals surface area (Å²) in [6.07, 6.45) is 5.59. The van der Waals surface area contributed by atoms with Crippen LogP contribution >= 0.6 is 0 Å². The number of hydrogen-bond donors (Lipinski definition) is 2. The van der Waals surface area contributed by atoms with Crippen LogP contribution in [0.1, 0.15) is 26.3 Å². The lowest BCUT2D eigenvalue weighted by molar-refractivity contribution is -0.125. The van der Waals surface area contributed by atoms with Crippen molar-refractivity contribution >= 4 is 27.9 Å². The van der Waals surface area contributed by atoms with E-state index in [1.165, 1.54) is 12.1 Å². The number of pyridine rings is 2. The first-order valence-corrected chi connectivity index (χ1v) is 12.3. The zero-order chi connectivity index (χ0) is 26.4. The van der Waals surface area contributed by atoms with Crippen molar-refractivity contribution in [2.75, 3.05) is 0 Å². The van der Waals surface area contributed by atoms with Gasteiger partial charge in [0.05, 0.1) is 16.4 Å². The minimum atomic E-state index is -0.411. The summed E-state index contributed by atoms with van der Waals surface area (Å²) >= 11 is 0. The van der Waals surface area contributed by atoms with Crippen molar-refractivity contribution in [1.82, 2.24) is 30.1 Å². The quantitative estimate of drug-likeness (QED) is 0.278. The number of ketones is 1. The summed E-state index contributed by atoms with van der Waals surface area (Å²) in [6, 6.07) is 16.2. The van der Waals surface area contributed by atoms with E-state index in [1.54, 1.807) is 30.7 Å².